The third-order valence-corrected chi connectivity index (χ3v) is 6.43. The number of aromatic nitrogens is 3. The number of ether oxygens (including phenoxy) is 1. The van der Waals surface area contributed by atoms with Crippen molar-refractivity contribution in [1.29, 1.82) is 0 Å². The Bertz CT molecular complexity index is 1140. The zero-order chi connectivity index (χ0) is 24.8. The minimum atomic E-state index is -0.209. The number of hydrogen-bond acceptors (Lipinski definition) is 5. The molecule has 0 spiro atoms. The molecule has 0 atom stereocenters. The molecule has 2 amide bonds. The summed E-state index contributed by atoms with van der Waals surface area (Å²) in [5.74, 6) is 0. The van der Waals surface area contributed by atoms with Crippen LogP contribution in [-0.2, 0) is 11.3 Å². The molecule has 188 valence electrons. The summed E-state index contributed by atoms with van der Waals surface area (Å²) >= 11 is 0. The van der Waals surface area contributed by atoms with Gasteiger partial charge in [0.05, 0.1) is 23.0 Å². The van der Waals surface area contributed by atoms with Crippen molar-refractivity contribution in [2.45, 2.75) is 65.1 Å². The summed E-state index contributed by atoms with van der Waals surface area (Å²) in [4.78, 5) is 20.2. The van der Waals surface area contributed by atoms with Gasteiger partial charge in [0.1, 0.15) is 0 Å². The highest BCUT2D eigenvalue weighted by molar-refractivity contribution is 6.00. The van der Waals surface area contributed by atoms with Gasteiger partial charge in [-0.05, 0) is 64.4 Å². The zero-order valence-electron chi connectivity index (χ0n) is 21.4. The number of rotatable bonds is 9. The second kappa shape index (κ2) is 11.6. The molecule has 1 aliphatic rings. The maximum absolute atomic E-state index is 12.9. The molecular weight excluding hydrogens is 440 g/mol. The van der Waals surface area contributed by atoms with Crippen molar-refractivity contribution in [3.8, 4) is 11.3 Å². The Hall–Kier alpha value is -2.97. The first-order chi connectivity index (χ1) is 16.9. The average molecular weight is 479 g/mol. The monoisotopic (exact) mass is 478 g/mol. The highest BCUT2D eigenvalue weighted by atomic mass is 16.5. The third kappa shape index (κ3) is 6.38. The van der Waals surface area contributed by atoms with Gasteiger partial charge in [-0.3, -0.25) is 0 Å². The molecule has 4 rings (SSSR count). The van der Waals surface area contributed by atoms with Gasteiger partial charge in [0.15, 0.2) is 5.65 Å². The van der Waals surface area contributed by atoms with E-state index in [1.165, 1.54) is 18.4 Å². The van der Waals surface area contributed by atoms with Crippen LogP contribution in [0.15, 0.2) is 36.5 Å². The van der Waals surface area contributed by atoms with Gasteiger partial charge in [-0.15, -0.1) is 0 Å². The Morgan fingerprint density at radius 2 is 2.06 bits per heavy atom. The van der Waals surface area contributed by atoms with Crippen LogP contribution in [-0.4, -0.2) is 58.5 Å². The molecule has 0 aliphatic carbocycles. The minimum absolute atomic E-state index is 0.125. The SMILES string of the molecule is CCCCN(C)Cc1cccc(-c2cc(NC(=O)NC3CCOCC3)c3cnn(C(C)C)c3n2)c1. The highest BCUT2D eigenvalue weighted by Crippen LogP contribution is 2.30. The van der Waals surface area contributed by atoms with E-state index in [9.17, 15) is 4.79 Å². The molecule has 0 radical (unpaired) electrons. The number of nitrogens with zero attached hydrogens (tertiary/aromatic N) is 4. The Morgan fingerprint density at radius 1 is 1.26 bits per heavy atom. The number of nitrogens with one attached hydrogen (secondary N) is 2. The molecule has 3 aromatic rings. The van der Waals surface area contributed by atoms with Crippen molar-refractivity contribution in [2.24, 2.45) is 0 Å². The van der Waals surface area contributed by atoms with Gasteiger partial charge in [0, 0.05) is 37.4 Å². The number of hydrogen-bond donors (Lipinski definition) is 2. The average Bonchev–Trinajstić information content (AvgIpc) is 3.28. The third-order valence-electron chi connectivity index (χ3n) is 6.43. The van der Waals surface area contributed by atoms with Crippen LogP contribution < -0.4 is 10.6 Å². The quantitative estimate of drug-likeness (QED) is 0.441. The molecule has 1 fully saturated rings. The lowest BCUT2D eigenvalue weighted by Crippen LogP contribution is -2.41. The smallest absolute Gasteiger partial charge is 0.319 e. The van der Waals surface area contributed by atoms with E-state index in [-0.39, 0.29) is 18.1 Å². The molecule has 0 bridgehead atoms. The largest absolute Gasteiger partial charge is 0.381 e. The van der Waals surface area contributed by atoms with E-state index in [2.05, 4.69) is 72.7 Å². The summed E-state index contributed by atoms with van der Waals surface area (Å²) in [6.45, 7) is 9.71. The number of pyridine rings is 1. The molecule has 2 N–H and O–H groups in total. The first kappa shape index (κ1) is 25.1. The summed E-state index contributed by atoms with van der Waals surface area (Å²) in [7, 11) is 2.16. The molecule has 0 unspecified atom stereocenters. The van der Waals surface area contributed by atoms with Gasteiger partial charge >= 0.3 is 6.03 Å². The second-order valence-corrected chi connectivity index (χ2v) is 9.75. The summed E-state index contributed by atoms with van der Waals surface area (Å²) in [6.07, 6.45) is 5.83. The van der Waals surface area contributed by atoms with Crippen molar-refractivity contribution in [3.05, 3.63) is 42.1 Å². The van der Waals surface area contributed by atoms with Gasteiger partial charge in [-0.25, -0.2) is 14.5 Å². The number of amides is 2. The number of fused-ring (bicyclic) bond motifs is 1. The minimum Gasteiger partial charge on any atom is -0.381 e. The molecule has 2 aromatic heterocycles. The molecule has 35 heavy (non-hydrogen) atoms. The van der Waals surface area contributed by atoms with E-state index in [0.29, 0.717) is 18.9 Å². The lowest BCUT2D eigenvalue weighted by Gasteiger charge is -2.23. The topological polar surface area (TPSA) is 84.3 Å². The van der Waals surface area contributed by atoms with Gasteiger partial charge in [0.25, 0.3) is 0 Å². The predicted octanol–water partition coefficient (Wildman–Crippen LogP) is 5.21. The Labute approximate surface area is 208 Å². The van der Waals surface area contributed by atoms with Crippen LogP contribution in [0.3, 0.4) is 0 Å². The normalized spacial score (nSPS) is 14.7. The predicted molar refractivity (Wildman–Crippen MR) is 141 cm³/mol. The summed E-state index contributed by atoms with van der Waals surface area (Å²) in [6, 6.07) is 10.5. The maximum atomic E-state index is 12.9. The van der Waals surface area contributed by atoms with Crippen LogP contribution in [0.5, 0.6) is 0 Å². The van der Waals surface area contributed by atoms with Gasteiger partial charge in [-0.2, -0.15) is 5.10 Å². The van der Waals surface area contributed by atoms with Crippen molar-refractivity contribution in [2.75, 3.05) is 32.1 Å². The zero-order valence-corrected chi connectivity index (χ0v) is 21.4. The molecule has 1 aliphatic heterocycles. The Kier molecular flexibility index (Phi) is 8.36. The standard InChI is InChI=1S/C27H38N6O2/c1-5-6-12-32(4)18-20-8-7-9-21(15-20)24-16-25(23-17-28-33(19(2)3)26(23)30-24)31-27(34)29-22-10-13-35-14-11-22/h7-9,15-17,19,22H,5-6,10-14,18H2,1-4H3,(H2,29,30,31,34). The number of anilines is 1. The van der Waals surface area contributed by atoms with Gasteiger partial charge in [0.2, 0.25) is 0 Å². The van der Waals surface area contributed by atoms with E-state index in [1.807, 2.05) is 10.7 Å². The highest BCUT2D eigenvalue weighted by Gasteiger charge is 2.19. The molecule has 8 nitrogen and oxygen atoms in total. The second-order valence-electron chi connectivity index (χ2n) is 9.75. The number of benzene rings is 1. The van der Waals surface area contributed by atoms with E-state index < -0.39 is 0 Å². The van der Waals surface area contributed by atoms with Crippen molar-refractivity contribution in [1.82, 2.24) is 25.0 Å². The van der Waals surface area contributed by atoms with Crippen LogP contribution in [0, 0.1) is 0 Å². The maximum Gasteiger partial charge on any atom is 0.319 e. The van der Waals surface area contributed by atoms with Crippen molar-refractivity contribution < 1.29 is 9.53 Å². The molecule has 0 saturated carbocycles. The van der Waals surface area contributed by atoms with E-state index >= 15 is 0 Å². The fraction of sp³-hybridized carbons (Fsp3) is 0.519. The van der Waals surface area contributed by atoms with Gasteiger partial charge < -0.3 is 20.3 Å². The van der Waals surface area contributed by atoms with E-state index in [1.54, 1.807) is 6.20 Å². The Morgan fingerprint density at radius 3 is 2.80 bits per heavy atom. The lowest BCUT2D eigenvalue weighted by molar-refractivity contribution is 0.0806. The number of carbonyl (C=O) groups excluding carboxylic acids is 1. The van der Waals surface area contributed by atoms with Crippen molar-refractivity contribution >= 4 is 22.8 Å². The van der Waals surface area contributed by atoms with E-state index in [4.69, 9.17) is 9.72 Å². The molecular formula is C27H38N6O2. The molecule has 8 heteroatoms. The lowest BCUT2D eigenvalue weighted by atomic mass is 10.1. The summed E-state index contributed by atoms with van der Waals surface area (Å²) in [5, 5.41) is 11.5. The Balaban J connectivity index is 1.63. The number of carbonyl (C=O) groups is 1. The fourth-order valence-corrected chi connectivity index (χ4v) is 4.48. The molecule has 1 aromatic carbocycles. The van der Waals surface area contributed by atoms with E-state index in [0.717, 1.165) is 48.2 Å². The van der Waals surface area contributed by atoms with Crippen molar-refractivity contribution in [3.63, 3.8) is 0 Å². The molecule has 3 heterocycles. The number of unbranched alkanes of at least 4 members (excludes halogenated alkanes) is 1. The van der Waals surface area contributed by atoms with Crippen LogP contribution in [0.4, 0.5) is 10.5 Å². The van der Waals surface area contributed by atoms with Crippen LogP contribution in [0.2, 0.25) is 0 Å². The first-order valence-electron chi connectivity index (χ1n) is 12.8. The van der Waals surface area contributed by atoms with Gasteiger partial charge in [-0.1, -0.05) is 31.5 Å². The van der Waals surface area contributed by atoms with Crippen LogP contribution >= 0.6 is 0 Å². The fourth-order valence-electron chi connectivity index (χ4n) is 4.48. The number of urea groups is 1. The summed E-state index contributed by atoms with van der Waals surface area (Å²) < 4.78 is 7.31. The van der Waals surface area contributed by atoms with Crippen LogP contribution in [0.25, 0.3) is 22.3 Å². The molecule has 1 saturated heterocycles. The van der Waals surface area contributed by atoms with Crippen LogP contribution in [0.1, 0.15) is 58.1 Å². The first-order valence-corrected chi connectivity index (χ1v) is 12.8. The summed E-state index contributed by atoms with van der Waals surface area (Å²) in [5.41, 5.74) is 4.57.